The predicted molar refractivity (Wildman–Crippen MR) is 136 cm³/mol. The van der Waals surface area contributed by atoms with Gasteiger partial charge in [-0.3, -0.25) is 0 Å². The van der Waals surface area contributed by atoms with E-state index in [1.807, 2.05) is 11.8 Å². The second-order valence-electron chi connectivity index (χ2n) is 8.16. The van der Waals surface area contributed by atoms with Crippen molar-refractivity contribution in [3.63, 3.8) is 0 Å². The van der Waals surface area contributed by atoms with Crippen LogP contribution in [0.4, 0.5) is 23.0 Å². The zero-order chi connectivity index (χ0) is 24.9. The van der Waals surface area contributed by atoms with Gasteiger partial charge in [-0.2, -0.15) is 4.57 Å². The lowest BCUT2D eigenvalue weighted by molar-refractivity contribution is -0.704. The molecule has 3 aliphatic rings. The maximum absolute atomic E-state index is 9.75. The van der Waals surface area contributed by atoms with Gasteiger partial charge in [-0.1, -0.05) is 61.5 Å². The summed E-state index contributed by atoms with van der Waals surface area (Å²) < 4.78 is 41.5. The van der Waals surface area contributed by atoms with Gasteiger partial charge in [0.1, 0.15) is 6.54 Å². The Morgan fingerprint density at radius 3 is 2.09 bits per heavy atom. The normalized spacial score (nSPS) is 14.6. The lowest BCUT2D eigenvalue weighted by atomic mass is 10.1. The van der Waals surface area contributed by atoms with Crippen LogP contribution in [0.3, 0.4) is 0 Å². The van der Waals surface area contributed by atoms with Crippen LogP contribution in [-0.2, 0) is 6.54 Å². The maximum atomic E-state index is 9.75. The summed E-state index contributed by atoms with van der Waals surface area (Å²) in [7, 11) is -3.87. The van der Waals surface area contributed by atoms with Crippen LogP contribution in [0, 0.1) is 13.8 Å². The number of hydrogen-bond acceptors (Lipinski definition) is 2. The molecule has 1 aromatic rings. The van der Waals surface area contributed by atoms with Crippen molar-refractivity contribution in [1.29, 1.82) is 0 Å². The first-order valence-electron chi connectivity index (χ1n) is 11.3. The summed E-state index contributed by atoms with van der Waals surface area (Å²) in [4.78, 5) is 3.58. The number of benzene rings is 1. The van der Waals surface area contributed by atoms with E-state index < -0.39 is 7.25 Å². The van der Waals surface area contributed by atoms with E-state index in [0.717, 1.165) is 6.54 Å². The Morgan fingerprint density at radius 1 is 0.941 bits per heavy atom. The van der Waals surface area contributed by atoms with Crippen molar-refractivity contribution in [3.05, 3.63) is 82.7 Å². The van der Waals surface area contributed by atoms with Crippen LogP contribution in [0.25, 0.3) is 17.2 Å². The molecule has 0 unspecified atom stereocenters. The summed E-state index contributed by atoms with van der Waals surface area (Å²) in [6.45, 7) is 7.86. The molecule has 8 heteroatoms. The summed E-state index contributed by atoms with van der Waals surface area (Å²) in [6.07, 6.45) is 9.01. The molecule has 1 aliphatic carbocycles. The van der Waals surface area contributed by atoms with Gasteiger partial charge in [0, 0.05) is 32.2 Å². The molecule has 0 bridgehead atoms. The van der Waals surface area contributed by atoms with E-state index in [1.165, 1.54) is 56.5 Å². The van der Waals surface area contributed by atoms with Crippen LogP contribution in [0.2, 0.25) is 0 Å². The number of nitrogens with zero attached hydrogens (tertiary/aromatic N) is 2. The highest BCUT2D eigenvalue weighted by Crippen LogP contribution is 2.44. The van der Waals surface area contributed by atoms with E-state index in [2.05, 4.69) is 104 Å². The molecule has 1 aromatic carbocycles. The molecule has 0 spiro atoms. The molecule has 0 saturated carbocycles. The van der Waals surface area contributed by atoms with Crippen molar-refractivity contribution in [2.75, 3.05) is 11.9 Å². The standard InChI is InChI=1S/C26H29N2S.BF4/c1-5-6-18-28-19(2)22-16-14-21(15-17-23(22)20(28)3)10-9-13-26-27(4)24-11-7-8-12-25(24)29-26;2-1(3,4)5/h7-17H,5-6,18H2,1-4H3;/q+1;-1. The van der Waals surface area contributed by atoms with Gasteiger partial charge in [0.15, 0.2) is 11.4 Å². The highest BCUT2D eigenvalue weighted by molar-refractivity contribution is 8.03. The molecular formula is C26H29BF4N2S. The number of fused-ring (bicyclic) bond motifs is 2. The zero-order valence-electron chi connectivity index (χ0n) is 19.9. The van der Waals surface area contributed by atoms with Gasteiger partial charge in [0.2, 0.25) is 0 Å². The molecule has 0 N–H and O–H groups in total. The number of thioether (sulfide) groups is 1. The molecule has 2 nitrogen and oxygen atoms in total. The summed E-state index contributed by atoms with van der Waals surface area (Å²) in [5.74, 6) is 0. The number of rotatable bonds is 5. The maximum Gasteiger partial charge on any atom is 0.673 e. The fraction of sp³-hybridized carbons (Fsp3) is 0.269. The lowest BCUT2D eigenvalue weighted by Gasteiger charge is -2.12. The molecule has 0 amide bonds. The molecule has 0 saturated heterocycles. The summed E-state index contributed by atoms with van der Waals surface area (Å²) in [5, 5.41) is 1.25. The highest BCUT2D eigenvalue weighted by Gasteiger charge is 2.24. The van der Waals surface area contributed by atoms with E-state index in [4.69, 9.17) is 0 Å². The average Bonchev–Trinajstić information content (AvgIpc) is 3.08. The summed E-state index contributed by atoms with van der Waals surface area (Å²) in [6, 6.07) is 17.6. The lowest BCUT2D eigenvalue weighted by Crippen LogP contribution is -2.37. The van der Waals surface area contributed by atoms with Gasteiger partial charge in [0.25, 0.3) is 0 Å². The molecule has 34 heavy (non-hydrogen) atoms. The zero-order valence-corrected chi connectivity index (χ0v) is 20.7. The van der Waals surface area contributed by atoms with E-state index in [9.17, 15) is 17.3 Å². The van der Waals surface area contributed by atoms with Gasteiger partial charge >= 0.3 is 7.25 Å². The van der Waals surface area contributed by atoms with Crippen LogP contribution in [0.5, 0.6) is 0 Å². The van der Waals surface area contributed by atoms with Crippen LogP contribution >= 0.6 is 11.8 Å². The number of para-hydroxylation sites is 1. The highest BCUT2D eigenvalue weighted by atomic mass is 32.2. The largest absolute Gasteiger partial charge is 0.673 e. The minimum absolute atomic E-state index is 1.11. The number of aromatic nitrogens is 1. The van der Waals surface area contributed by atoms with Crippen LogP contribution in [0.15, 0.2) is 70.6 Å². The minimum Gasteiger partial charge on any atom is -0.418 e. The number of halogens is 4. The summed E-state index contributed by atoms with van der Waals surface area (Å²) in [5.41, 5.74) is 7.97. The first-order valence-corrected chi connectivity index (χ1v) is 12.1. The van der Waals surface area contributed by atoms with Crippen molar-refractivity contribution >= 4 is 30.8 Å². The number of hydrogen-bond donors (Lipinski definition) is 0. The average molecular weight is 488 g/mol. The molecule has 0 radical (unpaired) electrons. The minimum atomic E-state index is -6.00. The van der Waals surface area contributed by atoms with Crippen molar-refractivity contribution in [1.82, 2.24) is 0 Å². The number of allylic oxidation sites excluding steroid dienone is 2. The van der Waals surface area contributed by atoms with Crippen LogP contribution in [-0.4, -0.2) is 14.3 Å². The second kappa shape index (κ2) is 11.1. The number of unbranched alkanes of at least 4 members (excludes halogenated alkanes) is 1. The molecule has 2 heterocycles. The second-order valence-corrected chi connectivity index (χ2v) is 9.22. The predicted octanol–water partition coefficient (Wildman–Crippen LogP) is 7.89. The van der Waals surface area contributed by atoms with Crippen molar-refractivity contribution in [2.45, 2.75) is 45.1 Å². The van der Waals surface area contributed by atoms with Crippen LogP contribution in [0.1, 0.15) is 36.7 Å². The molecule has 4 rings (SSSR count). The van der Waals surface area contributed by atoms with Gasteiger partial charge in [-0.15, -0.1) is 0 Å². The van der Waals surface area contributed by atoms with Gasteiger partial charge in [-0.25, -0.2) is 0 Å². The molecule has 0 atom stereocenters. The fourth-order valence-corrected chi connectivity index (χ4v) is 5.10. The Hall–Kier alpha value is -2.74. The molecule has 180 valence electrons. The van der Waals surface area contributed by atoms with E-state index >= 15 is 0 Å². The Balaban J connectivity index is 0.000000588. The van der Waals surface area contributed by atoms with E-state index in [0.29, 0.717) is 0 Å². The third-order valence-electron chi connectivity index (χ3n) is 5.80. The SMILES string of the molecule is CCCC[n+]1c(C)c2ccc(/C=C/C=C3/Sc4ccccc4N3C)ccc-2c1C.F[B-](F)(F)F. The third kappa shape index (κ3) is 6.44. The van der Waals surface area contributed by atoms with Gasteiger partial charge in [-0.05, 0) is 35.9 Å². The Kier molecular flexibility index (Phi) is 8.47. The summed E-state index contributed by atoms with van der Waals surface area (Å²) >= 11 is 1.83. The monoisotopic (exact) mass is 488 g/mol. The first kappa shape index (κ1) is 25.9. The smallest absolute Gasteiger partial charge is 0.418 e. The molecule has 0 aromatic heterocycles. The molecular weight excluding hydrogens is 459 g/mol. The van der Waals surface area contributed by atoms with Gasteiger partial charge in [0.05, 0.1) is 21.8 Å². The topological polar surface area (TPSA) is 7.12 Å². The van der Waals surface area contributed by atoms with Crippen molar-refractivity contribution in [3.8, 4) is 11.1 Å². The fourth-order valence-electron chi connectivity index (χ4n) is 4.04. The van der Waals surface area contributed by atoms with Crippen molar-refractivity contribution in [2.24, 2.45) is 0 Å². The van der Waals surface area contributed by atoms with Gasteiger partial charge < -0.3 is 22.2 Å². The quantitative estimate of drug-likeness (QED) is 0.205. The molecule has 0 fully saturated rings. The van der Waals surface area contributed by atoms with E-state index in [-0.39, 0.29) is 0 Å². The van der Waals surface area contributed by atoms with Crippen LogP contribution < -0.4 is 9.47 Å². The molecule has 2 aliphatic heterocycles. The Labute approximate surface area is 203 Å². The first-order chi connectivity index (χ1) is 16.1. The number of anilines is 1. The third-order valence-corrected chi connectivity index (χ3v) is 6.98. The Bertz CT molecular complexity index is 1130. The van der Waals surface area contributed by atoms with Crippen molar-refractivity contribution < 1.29 is 21.8 Å². The Morgan fingerprint density at radius 2 is 1.53 bits per heavy atom. The van der Waals surface area contributed by atoms with E-state index in [1.54, 1.807) is 0 Å².